The first-order valence-corrected chi connectivity index (χ1v) is 10.2. The van der Waals surface area contributed by atoms with E-state index in [1.807, 2.05) is 19.1 Å². The molecular weight excluding hydrogens is 361 g/mol. The van der Waals surface area contributed by atoms with Gasteiger partial charge in [0.25, 0.3) is 0 Å². The smallest absolute Gasteiger partial charge is 0.235 e. The number of hydrogen-bond acceptors (Lipinski definition) is 6. The van der Waals surface area contributed by atoms with Crippen LogP contribution in [0.15, 0.2) is 12.1 Å². The van der Waals surface area contributed by atoms with Gasteiger partial charge in [-0.1, -0.05) is 0 Å². The fraction of sp³-hybridized carbons (Fsp3) is 0.650. The molecule has 3 saturated heterocycles. The van der Waals surface area contributed by atoms with E-state index >= 15 is 0 Å². The summed E-state index contributed by atoms with van der Waals surface area (Å²) in [5.41, 5.74) is 2.41. The summed E-state index contributed by atoms with van der Waals surface area (Å²) in [6.07, 6.45) is 0.734. The number of aryl methyl sites for hydroxylation is 1. The van der Waals surface area contributed by atoms with Gasteiger partial charge in [0.1, 0.15) is 6.17 Å². The first-order chi connectivity index (χ1) is 13.5. The van der Waals surface area contributed by atoms with E-state index < -0.39 is 12.1 Å². The summed E-state index contributed by atoms with van der Waals surface area (Å²) in [6, 6.07) is 3.78. The molecule has 3 atom stereocenters. The van der Waals surface area contributed by atoms with Gasteiger partial charge in [-0.25, -0.2) is 4.39 Å². The number of aromatic nitrogens is 1. The number of piperazine rings is 1. The van der Waals surface area contributed by atoms with Gasteiger partial charge in [0.15, 0.2) is 0 Å². The molecule has 0 aliphatic carbocycles. The van der Waals surface area contributed by atoms with Crippen molar-refractivity contribution in [3.05, 3.63) is 23.5 Å². The Labute approximate surface area is 164 Å². The summed E-state index contributed by atoms with van der Waals surface area (Å²) in [6.45, 7) is 6.75. The third kappa shape index (κ3) is 3.89. The van der Waals surface area contributed by atoms with Crippen molar-refractivity contribution in [2.24, 2.45) is 0 Å². The first-order valence-electron chi connectivity index (χ1n) is 10.2. The Morgan fingerprint density at radius 2 is 1.93 bits per heavy atom. The van der Waals surface area contributed by atoms with Crippen LogP contribution in [0.5, 0.6) is 0 Å². The molecular formula is C20H28FN5O2. The van der Waals surface area contributed by atoms with Crippen LogP contribution in [0.3, 0.4) is 0 Å². The third-order valence-electron chi connectivity index (χ3n) is 6.14. The normalized spacial score (nSPS) is 29.6. The van der Waals surface area contributed by atoms with E-state index in [0.717, 1.165) is 50.5 Å². The fourth-order valence-electron chi connectivity index (χ4n) is 4.61. The number of imide groups is 1. The predicted molar refractivity (Wildman–Crippen MR) is 104 cm³/mol. The highest BCUT2D eigenvalue weighted by molar-refractivity contribution is 6.00. The molecule has 3 aliphatic heterocycles. The molecule has 2 N–H and O–H groups in total. The number of pyridine rings is 1. The Bertz CT molecular complexity index is 752. The van der Waals surface area contributed by atoms with Gasteiger partial charge in [0, 0.05) is 45.2 Å². The van der Waals surface area contributed by atoms with Crippen LogP contribution in [0.4, 0.5) is 10.1 Å². The Kier molecular flexibility index (Phi) is 5.59. The maximum atomic E-state index is 14.9. The standard InChI is InChI=1S/C20H28FN5O2/c1-13-17(4-3-16(23-13)14-2-5-19(27)24-20(14)28)26-9-6-18(15(21)12-26)25-10-7-22-8-11-25/h3-4,14-15,18,22H,2,5-12H2,1H3,(H,24,27,28)/t14?,15-,18+/m1/s1. The van der Waals surface area contributed by atoms with Crippen LogP contribution in [0.25, 0.3) is 0 Å². The summed E-state index contributed by atoms with van der Waals surface area (Å²) in [4.78, 5) is 32.4. The van der Waals surface area contributed by atoms with Crippen molar-refractivity contribution in [2.45, 2.75) is 44.3 Å². The molecule has 7 nitrogen and oxygen atoms in total. The fourth-order valence-corrected chi connectivity index (χ4v) is 4.61. The molecule has 0 aromatic carbocycles. The van der Waals surface area contributed by atoms with Gasteiger partial charge >= 0.3 is 0 Å². The van der Waals surface area contributed by atoms with Crippen molar-refractivity contribution in [3.63, 3.8) is 0 Å². The molecule has 152 valence electrons. The Morgan fingerprint density at radius 1 is 1.14 bits per heavy atom. The third-order valence-corrected chi connectivity index (χ3v) is 6.14. The molecule has 28 heavy (non-hydrogen) atoms. The molecule has 0 saturated carbocycles. The second kappa shape index (κ2) is 8.13. The maximum Gasteiger partial charge on any atom is 0.235 e. The SMILES string of the molecule is Cc1nc(C2CCC(=O)NC2=O)ccc1N1CC[C@H](N2CCNCC2)[C@H](F)C1. The predicted octanol–water partition coefficient (Wildman–Crippen LogP) is 0.732. The molecule has 3 fully saturated rings. The second-order valence-electron chi connectivity index (χ2n) is 7.95. The number of alkyl halides is 1. The van der Waals surface area contributed by atoms with Crippen molar-refractivity contribution in [1.82, 2.24) is 20.5 Å². The van der Waals surface area contributed by atoms with Crippen LogP contribution in [0.1, 0.15) is 36.6 Å². The van der Waals surface area contributed by atoms with Crippen LogP contribution in [-0.2, 0) is 9.59 Å². The minimum atomic E-state index is -0.888. The highest BCUT2D eigenvalue weighted by atomic mass is 19.1. The topological polar surface area (TPSA) is 77.6 Å². The van der Waals surface area contributed by atoms with E-state index in [9.17, 15) is 14.0 Å². The van der Waals surface area contributed by atoms with Crippen molar-refractivity contribution in [3.8, 4) is 0 Å². The number of nitrogens with zero attached hydrogens (tertiary/aromatic N) is 3. The second-order valence-corrected chi connectivity index (χ2v) is 7.95. The van der Waals surface area contributed by atoms with Crippen molar-refractivity contribution < 1.29 is 14.0 Å². The van der Waals surface area contributed by atoms with Crippen molar-refractivity contribution in [2.75, 3.05) is 44.2 Å². The van der Waals surface area contributed by atoms with Crippen molar-refractivity contribution in [1.29, 1.82) is 0 Å². The summed E-state index contributed by atoms with van der Waals surface area (Å²) in [7, 11) is 0. The van der Waals surface area contributed by atoms with E-state index in [4.69, 9.17) is 0 Å². The monoisotopic (exact) mass is 389 g/mol. The van der Waals surface area contributed by atoms with Crippen molar-refractivity contribution >= 4 is 17.5 Å². The molecule has 1 unspecified atom stereocenters. The lowest BCUT2D eigenvalue weighted by molar-refractivity contribution is -0.134. The highest BCUT2D eigenvalue weighted by Crippen LogP contribution is 2.30. The van der Waals surface area contributed by atoms with E-state index in [-0.39, 0.29) is 17.9 Å². The molecule has 0 radical (unpaired) electrons. The average molecular weight is 389 g/mol. The number of anilines is 1. The van der Waals surface area contributed by atoms with Crippen LogP contribution in [0.2, 0.25) is 0 Å². The van der Waals surface area contributed by atoms with Crippen LogP contribution < -0.4 is 15.5 Å². The number of halogens is 1. The zero-order valence-corrected chi connectivity index (χ0v) is 16.3. The molecule has 3 aliphatic rings. The Hall–Kier alpha value is -2.06. The molecule has 1 aromatic rings. The van der Waals surface area contributed by atoms with Gasteiger partial charge in [0.05, 0.1) is 29.5 Å². The van der Waals surface area contributed by atoms with Gasteiger partial charge in [-0.15, -0.1) is 0 Å². The summed E-state index contributed by atoms with van der Waals surface area (Å²) < 4.78 is 14.9. The van der Waals surface area contributed by atoms with Crippen LogP contribution in [-0.4, -0.2) is 73.2 Å². The Morgan fingerprint density at radius 3 is 2.61 bits per heavy atom. The first kappa shape index (κ1) is 19.3. The molecule has 0 spiro atoms. The Balaban J connectivity index is 1.43. The van der Waals surface area contributed by atoms with E-state index in [1.165, 1.54) is 0 Å². The summed E-state index contributed by atoms with van der Waals surface area (Å²) >= 11 is 0. The molecule has 8 heteroatoms. The lowest BCUT2D eigenvalue weighted by Crippen LogP contribution is -2.57. The molecule has 0 bridgehead atoms. The lowest BCUT2D eigenvalue weighted by atomic mass is 9.94. The quantitative estimate of drug-likeness (QED) is 0.743. The minimum absolute atomic E-state index is 0.00522. The maximum absolute atomic E-state index is 14.9. The highest BCUT2D eigenvalue weighted by Gasteiger charge is 2.35. The van der Waals surface area contributed by atoms with Gasteiger partial charge in [-0.05, 0) is 31.9 Å². The largest absolute Gasteiger partial charge is 0.367 e. The average Bonchev–Trinajstić information content (AvgIpc) is 2.68. The molecule has 4 rings (SSSR count). The number of piperidine rings is 2. The van der Waals surface area contributed by atoms with E-state index in [0.29, 0.717) is 25.1 Å². The molecule has 4 heterocycles. The number of hydrogen-bond donors (Lipinski definition) is 2. The molecule has 1 aromatic heterocycles. The van der Waals surface area contributed by atoms with Gasteiger partial charge < -0.3 is 10.2 Å². The van der Waals surface area contributed by atoms with Gasteiger partial charge in [0.2, 0.25) is 11.8 Å². The van der Waals surface area contributed by atoms with Gasteiger partial charge in [-0.3, -0.25) is 24.8 Å². The number of amides is 2. The number of carbonyl (C=O) groups excluding carboxylic acids is 2. The van der Waals surface area contributed by atoms with Crippen LogP contribution in [0, 0.1) is 6.92 Å². The number of rotatable bonds is 3. The number of carbonyl (C=O) groups is 2. The zero-order valence-electron chi connectivity index (χ0n) is 16.3. The summed E-state index contributed by atoms with van der Waals surface area (Å²) in [5.74, 6) is -0.898. The van der Waals surface area contributed by atoms with E-state index in [2.05, 4.69) is 25.4 Å². The van der Waals surface area contributed by atoms with E-state index in [1.54, 1.807) is 0 Å². The molecule has 2 amide bonds. The summed E-state index contributed by atoms with van der Waals surface area (Å²) in [5, 5.41) is 5.70. The zero-order chi connectivity index (χ0) is 19.7. The van der Waals surface area contributed by atoms with Gasteiger partial charge in [-0.2, -0.15) is 0 Å². The van der Waals surface area contributed by atoms with Crippen LogP contribution >= 0.6 is 0 Å². The lowest BCUT2D eigenvalue weighted by Gasteiger charge is -2.43. The minimum Gasteiger partial charge on any atom is -0.367 e. The number of nitrogens with one attached hydrogen (secondary N) is 2.